The number of hydrogen-bond donors (Lipinski definition) is 0. The van der Waals surface area contributed by atoms with Gasteiger partial charge in [0.25, 0.3) is 0 Å². The van der Waals surface area contributed by atoms with Gasteiger partial charge in [-0.1, -0.05) is 228 Å². The largest absolute Gasteiger partial charge is 0.293 e. The quantitative estimate of drug-likeness (QED) is 0.0746. The Kier molecular flexibility index (Phi) is 44.0. The predicted molar refractivity (Wildman–Crippen MR) is 441 cm³/mol. The molecule has 0 bridgehead atoms. The van der Waals surface area contributed by atoms with Crippen LogP contribution in [-0.2, 0) is 12.8 Å². The molecule has 25 heteroatoms. The zero-order valence-electron chi connectivity index (χ0n) is 49.8. The molecule has 1 atom stereocenters. The van der Waals surface area contributed by atoms with E-state index in [1.807, 2.05) is 86.8 Å². The van der Waals surface area contributed by atoms with E-state index in [1.165, 1.54) is 19.5 Å². The monoisotopic (exact) mass is 1850 g/mol. The molecule has 0 radical (unpaired) electrons. The van der Waals surface area contributed by atoms with Crippen LogP contribution in [0.25, 0.3) is 45.0 Å². The van der Waals surface area contributed by atoms with E-state index in [0.717, 1.165) is 95.9 Å². The lowest BCUT2D eigenvalue weighted by atomic mass is 10.0. The van der Waals surface area contributed by atoms with Crippen molar-refractivity contribution in [2.24, 2.45) is 17.8 Å². The molecule has 4 aromatic heterocycles. The van der Waals surface area contributed by atoms with E-state index in [2.05, 4.69) is 145 Å². The number of nitriles is 1. The summed E-state index contributed by atoms with van der Waals surface area (Å²) in [5.41, 5.74) is 9.80. The summed E-state index contributed by atoms with van der Waals surface area (Å²) < 4.78 is 3.63. The van der Waals surface area contributed by atoms with E-state index < -0.39 is 0 Å². The maximum absolute atomic E-state index is 12.3. The van der Waals surface area contributed by atoms with E-state index in [9.17, 15) is 4.79 Å². The van der Waals surface area contributed by atoms with E-state index in [1.54, 1.807) is 69.6 Å². The van der Waals surface area contributed by atoms with Gasteiger partial charge in [0.2, 0.25) is 0 Å². The smallest absolute Gasteiger partial charge is 0.176 e. The molecule has 0 aliphatic heterocycles. The van der Waals surface area contributed by atoms with Crippen molar-refractivity contribution in [3.63, 3.8) is 0 Å². The number of thioether (sulfide) groups is 1. The molecule has 93 heavy (non-hydrogen) atoms. The number of thiocyanates is 1. The maximum Gasteiger partial charge on any atom is 0.176 e. The van der Waals surface area contributed by atoms with Gasteiger partial charge in [-0.15, -0.1) is 62.3 Å². The first-order chi connectivity index (χ1) is 41.4. The Morgan fingerprint density at radius 2 is 0.763 bits per heavy atom. The Morgan fingerprint density at radius 3 is 1.08 bits per heavy atom. The number of hydrogen-bond acceptors (Lipinski definition) is 11. The summed E-state index contributed by atoms with van der Waals surface area (Å²) in [5, 5.41) is 15.4. The molecule has 6 nitrogen and oxygen atoms in total. The molecule has 1 unspecified atom stereocenters. The Morgan fingerprint density at radius 1 is 0.452 bits per heavy atom. The molecule has 0 fully saturated rings. The van der Waals surface area contributed by atoms with Crippen molar-refractivity contribution in [2.45, 2.75) is 142 Å². The summed E-state index contributed by atoms with van der Waals surface area (Å²) in [4.78, 5) is 35.5. The fourth-order valence-electron chi connectivity index (χ4n) is 8.18. The van der Waals surface area contributed by atoms with Crippen molar-refractivity contribution < 1.29 is 4.79 Å². The number of Topliss-reactive ketones (excluding diaryl/α,β-unsaturated/α-hetero) is 1. The Hall–Kier alpha value is -0.860. The third kappa shape index (κ3) is 28.6. The summed E-state index contributed by atoms with van der Waals surface area (Å²) in [6, 6.07) is 27.7. The molecular weight excluding hydrogens is 1780 g/mol. The van der Waals surface area contributed by atoms with Crippen LogP contribution in [0.3, 0.4) is 0 Å². The number of aryl methyl sites for hydroxylation is 1. The summed E-state index contributed by atoms with van der Waals surface area (Å²) in [5.74, 6) is 2.38. The second-order valence-corrected chi connectivity index (χ2v) is 35.5. The lowest BCUT2D eigenvalue weighted by Crippen LogP contribution is -2.19. The van der Waals surface area contributed by atoms with Crippen LogP contribution in [0, 0.1) is 35.3 Å². The van der Waals surface area contributed by atoms with Gasteiger partial charge in [-0.05, 0) is 204 Å². The van der Waals surface area contributed by atoms with Crippen LogP contribution in [0.1, 0.15) is 153 Å². The fraction of sp³-hybridized carbons (Fsp3) is 0.353. The van der Waals surface area contributed by atoms with Gasteiger partial charge in [-0.25, -0.2) is 19.9 Å². The lowest BCUT2D eigenvalue weighted by molar-refractivity contribution is 0.0982. The van der Waals surface area contributed by atoms with Crippen molar-refractivity contribution in [1.82, 2.24) is 19.9 Å². The fourth-order valence-corrected chi connectivity index (χ4v) is 16.9. The van der Waals surface area contributed by atoms with Crippen molar-refractivity contribution in [3.05, 3.63) is 183 Å². The van der Waals surface area contributed by atoms with Crippen molar-refractivity contribution in [2.75, 3.05) is 0 Å². The van der Waals surface area contributed by atoms with Gasteiger partial charge in [-0.2, -0.15) is 5.26 Å². The van der Waals surface area contributed by atoms with Gasteiger partial charge in [0.1, 0.15) is 5.40 Å². The average molecular weight is 1860 g/mol. The molecule has 0 saturated heterocycles. The van der Waals surface area contributed by atoms with Crippen LogP contribution in [0.4, 0.5) is 0 Å². The number of rotatable bonds is 15. The molecule has 4 heterocycles. The Bertz CT molecular complexity index is 3670. The number of carbonyl (C=O) groups excluding carboxylic acids is 1. The second-order valence-electron chi connectivity index (χ2n) is 21.5. The molecule has 0 N–H and O–H groups in total. The van der Waals surface area contributed by atoms with Crippen LogP contribution < -0.4 is 0 Å². The summed E-state index contributed by atoms with van der Waals surface area (Å²) in [7, 11) is 0. The van der Waals surface area contributed by atoms with Crippen molar-refractivity contribution in [3.8, 4) is 50.4 Å². The summed E-state index contributed by atoms with van der Waals surface area (Å²) in [6.45, 7) is 23.5. The highest BCUT2D eigenvalue weighted by molar-refractivity contribution is 9.11. The molecule has 5 aromatic carbocycles. The van der Waals surface area contributed by atoms with Gasteiger partial charge in [0, 0.05) is 52.3 Å². The number of thiazole rings is 4. The molecule has 0 saturated carbocycles. The summed E-state index contributed by atoms with van der Waals surface area (Å²) >= 11 is 75.2. The van der Waals surface area contributed by atoms with Gasteiger partial charge in [-0.3, -0.25) is 4.79 Å². The average Bonchev–Trinajstić information content (AvgIpc) is 2.01. The minimum absolute atomic E-state index is 0. The lowest BCUT2D eigenvalue weighted by Gasteiger charge is -2.14. The number of carbonyl (C=O) groups is 1. The zero-order chi connectivity index (χ0) is 65.4. The molecule has 0 aliphatic rings. The van der Waals surface area contributed by atoms with Crippen LogP contribution in [-0.4, -0.2) is 31.0 Å². The first-order valence-electron chi connectivity index (χ1n) is 27.2. The standard InChI is InChI=1S/2C13H12BrCl2NS.C13H13BrClNS.C13H13Cl2NOS.C12H10BrCl2NS.4CH4.BrH/c2*1-7(2)5-11-12(17-13(14)18-11)8-3-4-9(15)10(16)6-8;1-7(2)12-11(16-13(14)17-12)9-4-5-10(15)8(3)6-9;1-8(2)5-12(18-7-16)13(17)9-3-4-10(14)11(15)6-9;1-6(2)11-10(16-12(13)17-11)7-3-4-8(14)9(15)5-7;;;;;/h2*3-4,6-7H,5H2,1-2H3;4-7H,1-3H3;3-4,6,8,12H,5H2,1-2H3;3-6H,1-2H3;4*1H4;1H. The molecule has 508 valence electrons. The third-order valence-electron chi connectivity index (χ3n) is 12.2. The first-order valence-corrected chi connectivity index (χ1v) is 37.9. The molecule has 0 aliphatic carbocycles. The van der Waals surface area contributed by atoms with Gasteiger partial charge in [0.15, 0.2) is 21.5 Å². The van der Waals surface area contributed by atoms with Crippen LogP contribution in [0.5, 0.6) is 0 Å². The van der Waals surface area contributed by atoms with Gasteiger partial charge in [0.05, 0.1) is 68.2 Å². The van der Waals surface area contributed by atoms with E-state index >= 15 is 0 Å². The number of halogens is 14. The minimum atomic E-state index is -0.354. The normalized spacial score (nSPS) is 10.8. The number of aromatic nitrogens is 4. The summed E-state index contributed by atoms with van der Waals surface area (Å²) in [6.07, 6.45) is 2.69. The van der Waals surface area contributed by atoms with Gasteiger partial charge >= 0.3 is 0 Å². The van der Waals surface area contributed by atoms with Crippen LogP contribution in [0.2, 0.25) is 45.2 Å². The highest BCUT2D eigenvalue weighted by Crippen LogP contribution is 2.41. The molecule has 9 rings (SSSR count). The van der Waals surface area contributed by atoms with E-state index in [0.29, 0.717) is 81.8 Å². The van der Waals surface area contributed by atoms with E-state index in [-0.39, 0.29) is 57.7 Å². The number of nitrogens with zero attached hydrogens (tertiary/aromatic N) is 5. The maximum atomic E-state index is 12.3. The molecule has 9 aromatic rings. The second kappa shape index (κ2) is 44.4. The third-order valence-corrected chi connectivity index (χ3v) is 23.1. The van der Waals surface area contributed by atoms with Crippen molar-refractivity contribution in [1.29, 1.82) is 5.26 Å². The Balaban J connectivity index is 0.00000112. The van der Waals surface area contributed by atoms with Crippen molar-refractivity contribution >= 4 is 248 Å². The SMILES string of the molecule is Br.C.C.C.C.CC(C)CC(SC#N)C(=O)c1ccc(Cl)c(Cl)c1.CC(C)Cc1sc(Br)nc1-c1ccc(Cl)c(Cl)c1.CC(C)Cc1sc(Br)nc1-c1ccc(Cl)c(Cl)c1.CC(C)c1sc(Br)nc1-c1ccc(Cl)c(Cl)c1.Cc1cc(-c2nc(Br)sc2C(C)C)ccc1Cl. The number of benzene rings is 5. The van der Waals surface area contributed by atoms with Crippen LogP contribution in [0.15, 0.2) is 107 Å². The zero-order valence-corrected chi connectivity index (χ0v) is 68.7. The molecule has 0 spiro atoms. The highest BCUT2D eigenvalue weighted by atomic mass is 79.9. The number of ketones is 1. The highest BCUT2D eigenvalue weighted by Gasteiger charge is 2.24. The predicted octanol–water partition coefficient (Wildman–Crippen LogP) is 31.7. The molecule has 0 amide bonds. The minimum Gasteiger partial charge on any atom is -0.293 e. The first kappa shape index (κ1) is 92.1. The Labute approximate surface area is 662 Å². The molecular formula is C68H77Br5Cl9N5OS5. The van der Waals surface area contributed by atoms with Crippen LogP contribution >= 0.6 is 242 Å². The van der Waals surface area contributed by atoms with Gasteiger partial charge < -0.3 is 0 Å². The van der Waals surface area contributed by atoms with E-state index in [4.69, 9.17) is 110 Å². The topological polar surface area (TPSA) is 92.4 Å².